The molecule has 0 radical (unpaired) electrons. The molecular formula is C31H35NO16. The average molecular weight is 678 g/mol. The molecule has 0 spiro atoms. The highest BCUT2D eigenvalue weighted by atomic mass is 16.8. The summed E-state index contributed by atoms with van der Waals surface area (Å²) in [6, 6.07) is 6.31. The number of carbonyl (C=O) groups is 7. The molecule has 2 amide bonds. The molecule has 3 aliphatic rings. The predicted octanol–water partition coefficient (Wildman–Crippen LogP) is 0.569. The highest BCUT2D eigenvalue weighted by molar-refractivity contribution is 6.21. The van der Waals surface area contributed by atoms with Crippen LogP contribution in [0.25, 0.3) is 0 Å². The molecule has 3 aliphatic heterocycles. The summed E-state index contributed by atoms with van der Waals surface area (Å²) in [7, 11) is 0. The van der Waals surface area contributed by atoms with Crippen LogP contribution in [-0.2, 0) is 66.6 Å². The second-order valence-corrected chi connectivity index (χ2v) is 10.8. The third kappa shape index (κ3) is 9.00. The average Bonchev–Trinajstić information content (AvgIpc) is 3.25. The van der Waals surface area contributed by atoms with Crippen LogP contribution < -0.4 is 0 Å². The minimum Gasteiger partial charge on any atom is -0.463 e. The van der Waals surface area contributed by atoms with Crippen molar-refractivity contribution in [3.05, 3.63) is 47.5 Å². The molecule has 0 bridgehead atoms. The van der Waals surface area contributed by atoms with Crippen molar-refractivity contribution in [2.45, 2.75) is 83.8 Å². The van der Waals surface area contributed by atoms with Crippen LogP contribution in [0.15, 0.2) is 36.4 Å². The third-order valence-corrected chi connectivity index (χ3v) is 7.07. The number of esters is 5. The van der Waals surface area contributed by atoms with E-state index in [-0.39, 0.29) is 17.7 Å². The molecule has 0 aromatic heterocycles. The van der Waals surface area contributed by atoms with E-state index in [0.29, 0.717) is 0 Å². The van der Waals surface area contributed by atoms with E-state index in [9.17, 15) is 33.6 Å². The van der Waals surface area contributed by atoms with E-state index < -0.39 is 104 Å². The summed E-state index contributed by atoms with van der Waals surface area (Å²) in [5, 5.41) is 0. The molecule has 1 saturated heterocycles. The molecule has 260 valence electrons. The predicted molar refractivity (Wildman–Crippen MR) is 154 cm³/mol. The van der Waals surface area contributed by atoms with Crippen LogP contribution in [0.2, 0.25) is 0 Å². The Morgan fingerprint density at radius 3 is 1.73 bits per heavy atom. The van der Waals surface area contributed by atoms with Gasteiger partial charge in [0.1, 0.15) is 38.3 Å². The lowest BCUT2D eigenvalue weighted by Crippen LogP contribution is -2.63. The van der Waals surface area contributed by atoms with Crippen molar-refractivity contribution in [2.24, 2.45) is 0 Å². The van der Waals surface area contributed by atoms with Crippen molar-refractivity contribution in [1.82, 2.24) is 4.90 Å². The molecule has 8 atom stereocenters. The minimum atomic E-state index is -1.56. The van der Waals surface area contributed by atoms with Crippen molar-refractivity contribution >= 4 is 41.7 Å². The van der Waals surface area contributed by atoms with Crippen LogP contribution in [0, 0.1) is 0 Å². The summed E-state index contributed by atoms with van der Waals surface area (Å²) < 4.78 is 50.2. The number of imide groups is 1. The van der Waals surface area contributed by atoms with Gasteiger partial charge in [0.2, 0.25) is 0 Å². The number of hydrogen-bond acceptors (Lipinski definition) is 16. The van der Waals surface area contributed by atoms with Crippen LogP contribution in [0.4, 0.5) is 0 Å². The van der Waals surface area contributed by atoms with Gasteiger partial charge in [0, 0.05) is 34.6 Å². The summed E-state index contributed by atoms with van der Waals surface area (Å²) >= 11 is 0. The molecular weight excluding hydrogens is 642 g/mol. The Labute approximate surface area is 274 Å². The maximum absolute atomic E-state index is 12.7. The van der Waals surface area contributed by atoms with Crippen LogP contribution >= 0.6 is 0 Å². The van der Waals surface area contributed by atoms with Crippen LogP contribution in [0.1, 0.15) is 55.3 Å². The molecule has 17 heteroatoms. The fourth-order valence-corrected chi connectivity index (χ4v) is 5.14. The quantitative estimate of drug-likeness (QED) is 0.128. The smallest absolute Gasteiger partial charge is 0.303 e. The molecule has 1 aromatic carbocycles. The highest BCUT2D eigenvalue weighted by Gasteiger charge is 2.54. The topological polar surface area (TPSA) is 206 Å². The van der Waals surface area contributed by atoms with Gasteiger partial charge >= 0.3 is 29.8 Å². The lowest BCUT2D eigenvalue weighted by molar-refractivity contribution is -0.324. The maximum atomic E-state index is 12.7. The molecule has 48 heavy (non-hydrogen) atoms. The number of benzene rings is 1. The second kappa shape index (κ2) is 15.9. The number of amides is 2. The van der Waals surface area contributed by atoms with E-state index in [1.54, 1.807) is 12.1 Å². The molecule has 0 unspecified atom stereocenters. The summed E-state index contributed by atoms with van der Waals surface area (Å²) in [5.41, 5.74) is 0.467. The molecule has 17 nitrogen and oxygen atoms in total. The van der Waals surface area contributed by atoms with Crippen LogP contribution in [0.5, 0.6) is 0 Å². The zero-order chi connectivity index (χ0) is 35.1. The van der Waals surface area contributed by atoms with Crippen LogP contribution in [0.3, 0.4) is 0 Å². The Balaban J connectivity index is 1.57. The molecule has 0 saturated carbocycles. The molecule has 1 fully saturated rings. The van der Waals surface area contributed by atoms with Gasteiger partial charge in [-0.25, -0.2) is 4.90 Å². The zero-order valence-corrected chi connectivity index (χ0v) is 26.7. The van der Waals surface area contributed by atoms with Gasteiger partial charge in [0.25, 0.3) is 11.8 Å². The number of fused-ring (bicyclic) bond motifs is 1. The lowest BCUT2D eigenvalue weighted by atomic mass is 9.97. The normalized spacial score (nSPS) is 27.9. The van der Waals surface area contributed by atoms with Gasteiger partial charge in [-0.15, -0.1) is 0 Å². The van der Waals surface area contributed by atoms with Gasteiger partial charge in [0.15, 0.2) is 30.9 Å². The SMILES string of the molecule is CC(=O)OC[C@H]1O[C@@H](O[C@H]2C=C[C@@H](OCN3C(=O)c4ccccc4C3=O)O[C@@H]2COC(C)=O)[C@H](OC(C)=O)[C@@H](OC(C)=O)[C@H]1OC(C)=O. The first kappa shape index (κ1) is 36.1. The van der Waals surface area contributed by atoms with E-state index in [2.05, 4.69) is 0 Å². The number of rotatable bonds is 12. The van der Waals surface area contributed by atoms with Gasteiger partial charge in [-0.05, 0) is 18.2 Å². The Morgan fingerprint density at radius 2 is 1.19 bits per heavy atom. The van der Waals surface area contributed by atoms with Gasteiger partial charge in [-0.2, -0.15) is 0 Å². The van der Waals surface area contributed by atoms with E-state index in [0.717, 1.165) is 32.6 Å². The third-order valence-electron chi connectivity index (χ3n) is 7.07. The first-order valence-corrected chi connectivity index (χ1v) is 14.7. The highest BCUT2D eigenvalue weighted by Crippen LogP contribution is 2.32. The molecule has 0 N–H and O–H groups in total. The first-order valence-electron chi connectivity index (χ1n) is 14.7. The largest absolute Gasteiger partial charge is 0.463 e. The number of hydrogen-bond donors (Lipinski definition) is 0. The van der Waals surface area contributed by atoms with Gasteiger partial charge in [0.05, 0.1) is 11.1 Å². The Morgan fingerprint density at radius 1 is 0.667 bits per heavy atom. The minimum absolute atomic E-state index is 0.234. The van der Waals surface area contributed by atoms with Gasteiger partial charge in [-0.3, -0.25) is 33.6 Å². The Kier molecular flexibility index (Phi) is 12.0. The molecule has 0 aliphatic carbocycles. The summed E-state index contributed by atoms with van der Waals surface area (Å²) in [5.74, 6) is -4.89. The van der Waals surface area contributed by atoms with Gasteiger partial charge in [-0.1, -0.05) is 18.2 Å². The molecule has 1 aromatic rings. The standard InChI is InChI=1S/C31H35NO16/c1-15(33)40-12-23-22(10-11-25(46-23)42-14-32-29(38)20-8-6-7-9-21(20)30(32)39)47-31-28(45-19(5)37)27(44-18(4)36)26(43-17(3)35)24(48-31)13-41-16(2)34/h6-11,22-28,31H,12-14H2,1-5H3/t22-,23+,24+,25-,26-,27-,28+,31+/m0/s1. The van der Waals surface area contributed by atoms with Crippen molar-refractivity contribution in [2.75, 3.05) is 19.9 Å². The maximum Gasteiger partial charge on any atom is 0.303 e. The first-order chi connectivity index (χ1) is 22.7. The molecule has 3 heterocycles. The number of carbonyl (C=O) groups excluding carboxylic acids is 7. The summed E-state index contributed by atoms with van der Waals surface area (Å²) in [4.78, 5) is 86.0. The Hall–Kier alpha value is -4.71. The van der Waals surface area contributed by atoms with Gasteiger partial charge < -0.3 is 42.6 Å². The number of nitrogens with zero attached hydrogens (tertiary/aromatic N) is 1. The van der Waals surface area contributed by atoms with Crippen molar-refractivity contribution in [3.8, 4) is 0 Å². The van der Waals surface area contributed by atoms with E-state index >= 15 is 0 Å². The monoisotopic (exact) mass is 677 g/mol. The summed E-state index contributed by atoms with van der Waals surface area (Å²) in [6.07, 6.45) is -7.72. The van der Waals surface area contributed by atoms with Crippen molar-refractivity contribution in [1.29, 1.82) is 0 Å². The lowest BCUT2D eigenvalue weighted by Gasteiger charge is -2.45. The van der Waals surface area contributed by atoms with Crippen LogP contribution in [-0.4, -0.2) is 116 Å². The van der Waals surface area contributed by atoms with Crippen molar-refractivity contribution in [3.63, 3.8) is 0 Å². The van der Waals surface area contributed by atoms with E-state index in [4.69, 9.17) is 42.6 Å². The van der Waals surface area contributed by atoms with E-state index in [1.165, 1.54) is 31.2 Å². The summed E-state index contributed by atoms with van der Waals surface area (Å²) in [6.45, 7) is 4.25. The van der Waals surface area contributed by atoms with E-state index in [1.807, 2.05) is 0 Å². The fraction of sp³-hybridized carbons (Fsp3) is 0.516. The van der Waals surface area contributed by atoms with Crippen molar-refractivity contribution < 1.29 is 76.2 Å². The second-order valence-electron chi connectivity index (χ2n) is 10.8. The fourth-order valence-electron chi connectivity index (χ4n) is 5.14. The Bertz CT molecular complexity index is 1420. The zero-order valence-electron chi connectivity index (χ0n) is 26.7. The molecule has 4 rings (SSSR count). The number of ether oxygens (including phenoxy) is 9.